The van der Waals surface area contributed by atoms with Crippen LogP contribution in [0.2, 0.25) is 0 Å². The van der Waals surface area contributed by atoms with Crippen molar-refractivity contribution in [3.05, 3.63) is 29.8 Å². The molecule has 0 aliphatic carbocycles. The smallest absolute Gasteiger partial charge is 0.339 e. The largest absolute Gasteiger partial charge is 0.493 e. The maximum absolute atomic E-state index is 11.9. The van der Waals surface area contributed by atoms with E-state index in [-0.39, 0.29) is 11.5 Å². The molecular formula is C15H19NO5. The molecule has 6 nitrogen and oxygen atoms in total. The highest BCUT2D eigenvalue weighted by atomic mass is 16.5. The summed E-state index contributed by atoms with van der Waals surface area (Å²) in [5.74, 6) is -0.591. The first-order chi connectivity index (χ1) is 10.2. The number of nitrogens with zero attached hydrogens (tertiary/aromatic N) is 1. The number of carbonyl (C=O) groups is 2. The summed E-state index contributed by atoms with van der Waals surface area (Å²) in [5, 5.41) is 9.03. The molecule has 2 rings (SSSR count). The van der Waals surface area contributed by atoms with Gasteiger partial charge >= 0.3 is 5.97 Å². The number of carboxylic acids is 1. The van der Waals surface area contributed by atoms with Crippen LogP contribution in [-0.4, -0.2) is 54.8 Å². The Kier molecular flexibility index (Phi) is 5.57. The highest BCUT2D eigenvalue weighted by Crippen LogP contribution is 2.18. The molecule has 1 N–H and O–H groups in total. The Balaban J connectivity index is 1.74. The Labute approximate surface area is 123 Å². The van der Waals surface area contributed by atoms with E-state index in [1.807, 2.05) is 0 Å². The molecule has 0 saturated carbocycles. The van der Waals surface area contributed by atoms with Crippen LogP contribution in [0.15, 0.2) is 24.3 Å². The van der Waals surface area contributed by atoms with Crippen molar-refractivity contribution in [2.24, 2.45) is 0 Å². The van der Waals surface area contributed by atoms with Crippen molar-refractivity contribution in [3.63, 3.8) is 0 Å². The minimum atomic E-state index is -1.02. The molecular weight excluding hydrogens is 274 g/mol. The zero-order chi connectivity index (χ0) is 15.1. The summed E-state index contributed by atoms with van der Waals surface area (Å²) < 4.78 is 10.7. The van der Waals surface area contributed by atoms with E-state index in [1.165, 1.54) is 6.07 Å². The molecule has 1 aromatic rings. The van der Waals surface area contributed by atoms with E-state index in [0.717, 1.165) is 0 Å². The topological polar surface area (TPSA) is 76.1 Å². The van der Waals surface area contributed by atoms with Crippen molar-refractivity contribution in [3.8, 4) is 5.75 Å². The number of carbonyl (C=O) groups excluding carboxylic acids is 1. The number of carboxylic acid groups (broad SMARTS) is 1. The Morgan fingerprint density at radius 2 is 1.95 bits per heavy atom. The molecule has 1 aromatic carbocycles. The monoisotopic (exact) mass is 293 g/mol. The minimum absolute atomic E-state index is 0.0911. The average Bonchev–Trinajstić information content (AvgIpc) is 2.52. The quantitative estimate of drug-likeness (QED) is 0.802. The molecule has 1 saturated heterocycles. The first-order valence-corrected chi connectivity index (χ1v) is 6.99. The number of ether oxygens (including phenoxy) is 2. The SMILES string of the molecule is O=C(O)c1ccccc1OCCCC(=O)N1CCOCC1. The zero-order valence-corrected chi connectivity index (χ0v) is 11.8. The molecule has 0 unspecified atom stereocenters. The van der Waals surface area contributed by atoms with Crippen molar-refractivity contribution in [2.45, 2.75) is 12.8 Å². The van der Waals surface area contributed by atoms with Crippen LogP contribution in [0.25, 0.3) is 0 Å². The lowest BCUT2D eigenvalue weighted by atomic mass is 10.2. The van der Waals surface area contributed by atoms with E-state index in [1.54, 1.807) is 23.1 Å². The Hall–Kier alpha value is -2.08. The highest BCUT2D eigenvalue weighted by molar-refractivity contribution is 5.90. The summed E-state index contributed by atoms with van der Waals surface area (Å²) in [6, 6.07) is 6.49. The van der Waals surface area contributed by atoms with Gasteiger partial charge in [-0.1, -0.05) is 12.1 Å². The molecule has 1 heterocycles. The van der Waals surface area contributed by atoms with Crippen molar-refractivity contribution in [1.29, 1.82) is 0 Å². The van der Waals surface area contributed by atoms with Gasteiger partial charge in [-0.3, -0.25) is 4.79 Å². The third-order valence-corrected chi connectivity index (χ3v) is 3.27. The summed E-state index contributed by atoms with van der Waals surface area (Å²) >= 11 is 0. The summed E-state index contributed by atoms with van der Waals surface area (Å²) in [4.78, 5) is 24.7. The second-order valence-corrected chi connectivity index (χ2v) is 4.75. The van der Waals surface area contributed by atoms with Gasteiger partial charge in [0, 0.05) is 19.5 Å². The van der Waals surface area contributed by atoms with E-state index in [4.69, 9.17) is 14.6 Å². The molecule has 0 spiro atoms. The number of benzene rings is 1. The summed E-state index contributed by atoms with van der Waals surface area (Å²) in [6.45, 7) is 2.78. The van der Waals surface area contributed by atoms with Crippen LogP contribution in [0, 0.1) is 0 Å². The van der Waals surface area contributed by atoms with E-state index in [2.05, 4.69) is 0 Å². The number of aromatic carboxylic acids is 1. The molecule has 0 radical (unpaired) electrons. The molecule has 0 aromatic heterocycles. The molecule has 1 aliphatic heterocycles. The van der Waals surface area contributed by atoms with Gasteiger partial charge in [0.1, 0.15) is 11.3 Å². The van der Waals surface area contributed by atoms with E-state index >= 15 is 0 Å². The number of hydrogen-bond acceptors (Lipinski definition) is 4. The molecule has 1 aliphatic rings. The van der Waals surface area contributed by atoms with Crippen molar-refractivity contribution < 1.29 is 24.2 Å². The Morgan fingerprint density at radius 1 is 1.24 bits per heavy atom. The maximum atomic E-state index is 11.9. The van der Waals surface area contributed by atoms with Crippen molar-refractivity contribution >= 4 is 11.9 Å². The summed E-state index contributed by atoms with van der Waals surface area (Å²) in [7, 11) is 0. The lowest BCUT2D eigenvalue weighted by Gasteiger charge is -2.26. The standard InChI is InChI=1S/C15H19NO5/c17-14(16-7-10-20-11-8-16)6-3-9-21-13-5-2-1-4-12(13)15(18)19/h1-2,4-5H,3,6-11H2,(H,18,19). The predicted molar refractivity (Wildman–Crippen MR) is 75.5 cm³/mol. The highest BCUT2D eigenvalue weighted by Gasteiger charge is 2.16. The first-order valence-electron chi connectivity index (χ1n) is 6.99. The van der Waals surface area contributed by atoms with Crippen LogP contribution in [0.3, 0.4) is 0 Å². The van der Waals surface area contributed by atoms with Crippen molar-refractivity contribution in [1.82, 2.24) is 4.90 Å². The van der Waals surface area contributed by atoms with Crippen LogP contribution < -0.4 is 4.74 Å². The second-order valence-electron chi connectivity index (χ2n) is 4.75. The van der Waals surface area contributed by atoms with E-state index < -0.39 is 5.97 Å². The van der Waals surface area contributed by atoms with Gasteiger partial charge in [0.05, 0.1) is 19.8 Å². The van der Waals surface area contributed by atoms with E-state index in [0.29, 0.717) is 51.5 Å². The first kappa shape index (κ1) is 15.3. The molecule has 1 amide bonds. The number of morpholine rings is 1. The van der Waals surface area contributed by atoms with Gasteiger partial charge in [-0.25, -0.2) is 4.79 Å². The number of amides is 1. The molecule has 6 heteroatoms. The van der Waals surface area contributed by atoms with Gasteiger partial charge in [0.15, 0.2) is 0 Å². The lowest BCUT2D eigenvalue weighted by molar-refractivity contribution is -0.135. The Bertz CT molecular complexity index is 497. The number of rotatable bonds is 6. The minimum Gasteiger partial charge on any atom is -0.493 e. The second kappa shape index (κ2) is 7.64. The third-order valence-electron chi connectivity index (χ3n) is 3.27. The molecule has 1 fully saturated rings. The van der Waals surface area contributed by atoms with Crippen LogP contribution in [0.5, 0.6) is 5.75 Å². The molecule has 0 bridgehead atoms. The third kappa shape index (κ3) is 4.46. The average molecular weight is 293 g/mol. The van der Waals surface area contributed by atoms with Crippen LogP contribution in [0.4, 0.5) is 0 Å². The van der Waals surface area contributed by atoms with Gasteiger partial charge in [-0.15, -0.1) is 0 Å². The molecule has 21 heavy (non-hydrogen) atoms. The fourth-order valence-electron chi connectivity index (χ4n) is 2.15. The molecule has 114 valence electrons. The predicted octanol–water partition coefficient (Wildman–Crippen LogP) is 1.40. The maximum Gasteiger partial charge on any atom is 0.339 e. The van der Waals surface area contributed by atoms with Gasteiger partial charge in [0.2, 0.25) is 5.91 Å². The van der Waals surface area contributed by atoms with Crippen molar-refractivity contribution in [2.75, 3.05) is 32.9 Å². The van der Waals surface area contributed by atoms with Crippen LogP contribution >= 0.6 is 0 Å². The summed E-state index contributed by atoms with van der Waals surface area (Å²) in [6.07, 6.45) is 0.958. The molecule has 0 atom stereocenters. The fraction of sp³-hybridized carbons (Fsp3) is 0.467. The van der Waals surface area contributed by atoms with Gasteiger partial charge in [0.25, 0.3) is 0 Å². The zero-order valence-electron chi connectivity index (χ0n) is 11.8. The van der Waals surface area contributed by atoms with Gasteiger partial charge in [-0.05, 0) is 18.6 Å². The fourth-order valence-corrected chi connectivity index (χ4v) is 2.15. The number of hydrogen-bond donors (Lipinski definition) is 1. The van der Waals surface area contributed by atoms with Gasteiger partial charge < -0.3 is 19.5 Å². The Morgan fingerprint density at radius 3 is 2.67 bits per heavy atom. The lowest BCUT2D eigenvalue weighted by Crippen LogP contribution is -2.40. The van der Waals surface area contributed by atoms with Crippen LogP contribution in [0.1, 0.15) is 23.2 Å². The number of para-hydroxylation sites is 1. The summed E-state index contributed by atoms with van der Waals surface area (Å²) in [5.41, 5.74) is 0.136. The van der Waals surface area contributed by atoms with Gasteiger partial charge in [-0.2, -0.15) is 0 Å². The normalized spacial score (nSPS) is 14.8. The van der Waals surface area contributed by atoms with Crippen LogP contribution in [-0.2, 0) is 9.53 Å². The van der Waals surface area contributed by atoms with E-state index in [9.17, 15) is 9.59 Å².